The molecule has 0 bridgehead atoms. The molecule has 1 amide bonds. The van der Waals surface area contributed by atoms with Gasteiger partial charge in [0.05, 0.1) is 24.5 Å². The Balaban J connectivity index is 1.29. The summed E-state index contributed by atoms with van der Waals surface area (Å²) in [7, 11) is 1.58. The summed E-state index contributed by atoms with van der Waals surface area (Å²) in [4.78, 5) is 22.2. The Labute approximate surface area is 197 Å². The Kier molecular flexibility index (Phi) is 7.42. The van der Waals surface area contributed by atoms with Crippen molar-refractivity contribution in [3.63, 3.8) is 0 Å². The van der Waals surface area contributed by atoms with Gasteiger partial charge in [-0.3, -0.25) is 14.6 Å². The van der Waals surface area contributed by atoms with E-state index in [1.54, 1.807) is 36.6 Å². The number of rotatable bonds is 7. The van der Waals surface area contributed by atoms with Gasteiger partial charge in [0.2, 0.25) is 5.91 Å². The van der Waals surface area contributed by atoms with Crippen LogP contribution in [0.2, 0.25) is 5.02 Å². The number of amides is 1. The van der Waals surface area contributed by atoms with Crippen LogP contribution in [0.5, 0.6) is 5.75 Å². The number of carbonyl (C=O) groups is 1. The van der Waals surface area contributed by atoms with Gasteiger partial charge in [0.25, 0.3) is 0 Å². The van der Waals surface area contributed by atoms with Crippen molar-refractivity contribution < 1.29 is 9.53 Å². The Morgan fingerprint density at radius 3 is 2.66 bits per heavy atom. The summed E-state index contributed by atoms with van der Waals surface area (Å²) >= 11 is 7.76. The average molecular weight is 471 g/mol. The van der Waals surface area contributed by atoms with Gasteiger partial charge < -0.3 is 10.1 Å². The fourth-order valence-corrected chi connectivity index (χ4v) is 4.80. The number of thiazole rings is 1. The average Bonchev–Trinajstić information content (AvgIpc) is 3.28. The lowest BCUT2D eigenvalue weighted by Crippen LogP contribution is -2.52. The molecule has 3 aromatic rings. The second-order valence-electron chi connectivity index (χ2n) is 7.83. The highest BCUT2D eigenvalue weighted by Gasteiger charge is 2.26. The highest BCUT2D eigenvalue weighted by molar-refractivity contribution is 7.13. The molecule has 0 unspecified atom stereocenters. The summed E-state index contributed by atoms with van der Waals surface area (Å²) in [5.41, 5.74) is 2.85. The van der Waals surface area contributed by atoms with Gasteiger partial charge in [0.1, 0.15) is 10.8 Å². The third-order valence-electron chi connectivity index (χ3n) is 5.71. The fourth-order valence-electron chi connectivity index (χ4n) is 3.81. The Morgan fingerprint density at radius 1 is 1.19 bits per heavy atom. The fraction of sp³-hybridized carbons (Fsp3) is 0.333. The lowest BCUT2D eigenvalue weighted by molar-refractivity contribution is -0.121. The van der Waals surface area contributed by atoms with Crippen molar-refractivity contribution in [2.45, 2.75) is 19.5 Å². The van der Waals surface area contributed by atoms with Gasteiger partial charge in [0, 0.05) is 48.7 Å². The van der Waals surface area contributed by atoms with Gasteiger partial charge in [-0.25, -0.2) is 4.98 Å². The van der Waals surface area contributed by atoms with E-state index < -0.39 is 0 Å². The monoisotopic (exact) mass is 470 g/mol. The van der Waals surface area contributed by atoms with Crippen molar-refractivity contribution >= 4 is 34.5 Å². The van der Waals surface area contributed by atoms with Gasteiger partial charge in [-0.1, -0.05) is 41.9 Å². The van der Waals surface area contributed by atoms with E-state index in [4.69, 9.17) is 21.3 Å². The predicted octanol–water partition coefficient (Wildman–Crippen LogP) is 4.62. The lowest BCUT2D eigenvalue weighted by atomic mass is 10.2. The van der Waals surface area contributed by atoms with E-state index in [1.165, 1.54) is 0 Å². The van der Waals surface area contributed by atoms with E-state index in [0.717, 1.165) is 49.0 Å². The maximum Gasteiger partial charge on any atom is 0.241 e. The Hall–Kier alpha value is -2.45. The first-order valence-corrected chi connectivity index (χ1v) is 11.9. The molecule has 4 rings (SSSR count). The number of hydrogen-bond acceptors (Lipinski definition) is 6. The third kappa shape index (κ3) is 5.48. The summed E-state index contributed by atoms with van der Waals surface area (Å²) in [6.45, 7) is 6.23. The van der Waals surface area contributed by atoms with Crippen LogP contribution in [-0.2, 0) is 11.3 Å². The molecule has 0 spiro atoms. The molecule has 0 radical (unpaired) electrons. The summed E-state index contributed by atoms with van der Waals surface area (Å²) in [5.74, 6) is 0.531. The molecular weight excluding hydrogens is 444 g/mol. The number of hydrogen-bond donors (Lipinski definition) is 1. The minimum Gasteiger partial charge on any atom is -0.495 e. The molecule has 32 heavy (non-hydrogen) atoms. The number of halogens is 1. The SMILES string of the molecule is COc1ccc(Cl)cc1NC(=O)[C@H](C)N1CCN(Cc2csc(-c3ccccc3)n2)CC1. The van der Waals surface area contributed by atoms with E-state index in [9.17, 15) is 4.79 Å². The van der Waals surface area contributed by atoms with Crippen LogP contribution in [0.25, 0.3) is 10.6 Å². The molecule has 1 aromatic heterocycles. The van der Waals surface area contributed by atoms with Crippen molar-refractivity contribution in [3.05, 3.63) is 64.6 Å². The first-order valence-electron chi connectivity index (χ1n) is 10.6. The lowest BCUT2D eigenvalue weighted by Gasteiger charge is -2.37. The maximum atomic E-state index is 12.8. The summed E-state index contributed by atoms with van der Waals surface area (Å²) < 4.78 is 5.33. The second kappa shape index (κ2) is 10.4. The number of aromatic nitrogens is 1. The maximum absolute atomic E-state index is 12.8. The number of ether oxygens (including phenoxy) is 1. The van der Waals surface area contributed by atoms with Crippen LogP contribution in [0.15, 0.2) is 53.9 Å². The molecule has 8 heteroatoms. The van der Waals surface area contributed by atoms with Crippen molar-refractivity contribution in [2.75, 3.05) is 38.6 Å². The van der Waals surface area contributed by atoms with Crippen LogP contribution >= 0.6 is 22.9 Å². The minimum atomic E-state index is -0.246. The van der Waals surface area contributed by atoms with E-state index in [-0.39, 0.29) is 11.9 Å². The third-order valence-corrected chi connectivity index (χ3v) is 6.89. The summed E-state index contributed by atoms with van der Waals surface area (Å²) in [6, 6.07) is 15.2. The highest BCUT2D eigenvalue weighted by Crippen LogP contribution is 2.28. The van der Waals surface area contributed by atoms with Crippen molar-refractivity contribution in [3.8, 4) is 16.3 Å². The molecule has 1 aliphatic rings. The molecule has 1 N–H and O–H groups in total. The van der Waals surface area contributed by atoms with E-state index in [0.29, 0.717) is 16.5 Å². The molecular formula is C24H27ClN4O2S. The van der Waals surface area contributed by atoms with Gasteiger partial charge in [-0.15, -0.1) is 11.3 Å². The molecule has 168 valence electrons. The molecule has 2 aromatic carbocycles. The Morgan fingerprint density at radius 2 is 1.94 bits per heavy atom. The zero-order chi connectivity index (χ0) is 22.5. The van der Waals surface area contributed by atoms with Crippen LogP contribution in [0.3, 0.4) is 0 Å². The number of nitrogens with zero attached hydrogens (tertiary/aromatic N) is 3. The quantitative estimate of drug-likeness (QED) is 0.546. The number of anilines is 1. The number of nitrogens with one attached hydrogen (secondary N) is 1. The normalized spacial score (nSPS) is 16.0. The van der Waals surface area contributed by atoms with Crippen molar-refractivity contribution in [2.24, 2.45) is 0 Å². The molecule has 0 aliphatic carbocycles. The molecule has 6 nitrogen and oxygen atoms in total. The highest BCUT2D eigenvalue weighted by atomic mass is 35.5. The Bertz CT molecular complexity index is 1050. The number of carbonyl (C=O) groups excluding carboxylic acids is 1. The van der Waals surface area contributed by atoms with Crippen LogP contribution in [0.1, 0.15) is 12.6 Å². The molecule has 1 saturated heterocycles. The van der Waals surface area contributed by atoms with Gasteiger partial charge in [-0.2, -0.15) is 0 Å². The molecule has 0 saturated carbocycles. The topological polar surface area (TPSA) is 57.7 Å². The van der Waals surface area contributed by atoms with Gasteiger partial charge in [0.15, 0.2) is 0 Å². The van der Waals surface area contributed by atoms with E-state index >= 15 is 0 Å². The minimum absolute atomic E-state index is 0.0639. The first kappa shape index (κ1) is 22.7. The largest absolute Gasteiger partial charge is 0.495 e. The second-order valence-corrected chi connectivity index (χ2v) is 9.13. The van der Waals surface area contributed by atoms with Crippen molar-refractivity contribution in [1.29, 1.82) is 0 Å². The van der Waals surface area contributed by atoms with Crippen LogP contribution < -0.4 is 10.1 Å². The standard InChI is InChI=1S/C24H27ClN4O2S/c1-17(23(30)27-21-14-19(25)8-9-22(21)31-2)29-12-10-28(11-13-29)15-20-16-32-24(26-20)18-6-4-3-5-7-18/h3-9,14,16-17H,10-13,15H2,1-2H3,(H,27,30)/t17-/m0/s1. The first-order chi connectivity index (χ1) is 15.5. The van der Waals surface area contributed by atoms with E-state index in [2.05, 4.69) is 32.6 Å². The number of benzene rings is 2. The predicted molar refractivity (Wildman–Crippen MR) is 130 cm³/mol. The molecule has 1 fully saturated rings. The number of piperazine rings is 1. The van der Waals surface area contributed by atoms with Crippen LogP contribution in [-0.4, -0.2) is 60.0 Å². The van der Waals surface area contributed by atoms with Crippen molar-refractivity contribution in [1.82, 2.24) is 14.8 Å². The zero-order valence-corrected chi connectivity index (χ0v) is 19.8. The molecule has 1 aliphatic heterocycles. The van der Waals surface area contributed by atoms with Crippen LogP contribution in [0, 0.1) is 0 Å². The van der Waals surface area contributed by atoms with Gasteiger partial charge in [-0.05, 0) is 25.1 Å². The van der Waals surface area contributed by atoms with E-state index in [1.807, 2.05) is 25.1 Å². The van der Waals surface area contributed by atoms with Gasteiger partial charge >= 0.3 is 0 Å². The molecule has 2 heterocycles. The zero-order valence-electron chi connectivity index (χ0n) is 18.3. The van der Waals surface area contributed by atoms with Crippen LogP contribution in [0.4, 0.5) is 5.69 Å². The smallest absolute Gasteiger partial charge is 0.241 e. The summed E-state index contributed by atoms with van der Waals surface area (Å²) in [5, 5.41) is 6.71. The molecule has 1 atom stereocenters. The summed E-state index contributed by atoms with van der Waals surface area (Å²) in [6.07, 6.45) is 0. The number of methoxy groups -OCH3 is 1.